The summed E-state index contributed by atoms with van der Waals surface area (Å²) in [6.07, 6.45) is 1.80. The zero-order valence-corrected chi connectivity index (χ0v) is 15.7. The van der Waals surface area contributed by atoms with Crippen molar-refractivity contribution in [2.75, 3.05) is 7.05 Å². The molecule has 1 atom stereocenters. The lowest BCUT2D eigenvalue weighted by Gasteiger charge is -2.25. The number of aryl methyl sites for hydroxylation is 1. The lowest BCUT2D eigenvalue weighted by molar-refractivity contribution is 0.0725. The van der Waals surface area contributed by atoms with Gasteiger partial charge in [-0.05, 0) is 19.1 Å². The number of carbonyl (C=O) groups is 1. The normalized spacial score (nSPS) is 13.2. The number of para-hydroxylation sites is 1. The molecule has 0 spiro atoms. The third-order valence-corrected chi connectivity index (χ3v) is 4.53. The molecular weight excluding hydrogens is 314 g/mol. The minimum Gasteiger partial charge on any atom is -0.459 e. The summed E-state index contributed by atoms with van der Waals surface area (Å²) < 4.78 is 7.63. The smallest absolute Gasteiger partial charge is 0.257 e. The standard InChI is InChI=1S/C20H25N3O2/c1-13(17-11-14-9-7-8-10-16(14)25-17)23(6)19(24)15-12-22(5)21-18(15)20(2,3)4/h7-13H,1-6H3. The number of amides is 1. The molecule has 0 radical (unpaired) electrons. The van der Waals surface area contributed by atoms with E-state index in [0.29, 0.717) is 5.56 Å². The molecule has 0 saturated carbocycles. The van der Waals surface area contributed by atoms with Crippen molar-refractivity contribution in [3.05, 3.63) is 53.5 Å². The summed E-state index contributed by atoms with van der Waals surface area (Å²) in [5.41, 5.74) is 2.08. The highest BCUT2D eigenvalue weighted by molar-refractivity contribution is 5.95. The average Bonchev–Trinajstić information content (AvgIpc) is 3.15. The monoisotopic (exact) mass is 339 g/mol. The number of hydrogen-bond donors (Lipinski definition) is 0. The Morgan fingerprint density at radius 3 is 2.60 bits per heavy atom. The number of rotatable bonds is 3. The van der Waals surface area contributed by atoms with E-state index in [4.69, 9.17) is 4.42 Å². The van der Waals surface area contributed by atoms with E-state index in [1.165, 1.54) is 0 Å². The van der Waals surface area contributed by atoms with Gasteiger partial charge in [-0.25, -0.2) is 0 Å². The molecule has 0 fully saturated rings. The molecule has 5 nitrogen and oxygen atoms in total. The van der Waals surface area contributed by atoms with Crippen LogP contribution in [0, 0.1) is 0 Å². The highest BCUT2D eigenvalue weighted by Crippen LogP contribution is 2.30. The van der Waals surface area contributed by atoms with Crippen LogP contribution in [0.25, 0.3) is 11.0 Å². The first-order valence-electron chi connectivity index (χ1n) is 8.48. The van der Waals surface area contributed by atoms with Crippen LogP contribution in [0.3, 0.4) is 0 Å². The summed E-state index contributed by atoms with van der Waals surface area (Å²) in [4.78, 5) is 14.8. The van der Waals surface area contributed by atoms with Gasteiger partial charge in [-0.15, -0.1) is 0 Å². The van der Waals surface area contributed by atoms with Crippen molar-refractivity contribution < 1.29 is 9.21 Å². The van der Waals surface area contributed by atoms with Crippen LogP contribution in [0.2, 0.25) is 0 Å². The molecule has 0 aliphatic carbocycles. The lowest BCUT2D eigenvalue weighted by Crippen LogP contribution is -2.31. The molecule has 0 N–H and O–H groups in total. The van der Waals surface area contributed by atoms with Crippen LogP contribution in [-0.2, 0) is 12.5 Å². The van der Waals surface area contributed by atoms with Crippen LogP contribution in [0.4, 0.5) is 0 Å². The second-order valence-electron chi connectivity index (χ2n) is 7.59. The first kappa shape index (κ1) is 17.3. The maximum atomic E-state index is 13.1. The number of aromatic nitrogens is 2. The largest absolute Gasteiger partial charge is 0.459 e. The summed E-state index contributed by atoms with van der Waals surface area (Å²) in [5, 5.41) is 5.54. The zero-order chi connectivity index (χ0) is 18.4. The maximum absolute atomic E-state index is 13.1. The molecule has 1 unspecified atom stereocenters. The number of nitrogens with zero attached hydrogens (tertiary/aromatic N) is 3. The Bertz CT molecular complexity index is 882. The second-order valence-corrected chi connectivity index (χ2v) is 7.59. The quantitative estimate of drug-likeness (QED) is 0.715. The Kier molecular flexibility index (Phi) is 4.19. The van der Waals surface area contributed by atoms with Gasteiger partial charge in [-0.1, -0.05) is 39.0 Å². The van der Waals surface area contributed by atoms with Gasteiger partial charge >= 0.3 is 0 Å². The first-order valence-corrected chi connectivity index (χ1v) is 8.48. The van der Waals surface area contributed by atoms with Crippen molar-refractivity contribution in [2.24, 2.45) is 7.05 Å². The molecular formula is C20H25N3O2. The molecule has 0 aliphatic rings. The van der Waals surface area contributed by atoms with Crippen molar-refractivity contribution in [1.82, 2.24) is 14.7 Å². The second kappa shape index (κ2) is 6.06. The van der Waals surface area contributed by atoms with Crippen LogP contribution in [-0.4, -0.2) is 27.6 Å². The Hall–Kier alpha value is -2.56. The van der Waals surface area contributed by atoms with Gasteiger partial charge in [0.15, 0.2) is 0 Å². The maximum Gasteiger partial charge on any atom is 0.257 e. The Labute approximate surface area is 148 Å². The van der Waals surface area contributed by atoms with E-state index in [0.717, 1.165) is 22.4 Å². The van der Waals surface area contributed by atoms with Gasteiger partial charge in [0.25, 0.3) is 5.91 Å². The summed E-state index contributed by atoms with van der Waals surface area (Å²) >= 11 is 0. The molecule has 2 heterocycles. The van der Waals surface area contributed by atoms with Crippen molar-refractivity contribution >= 4 is 16.9 Å². The van der Waals surface area contributed by atoms with Crippen molar-refractivity contribution in [1.29, 1.82) is 0 Å². The highest BCUT2D eigenvalue weighted by atomic mass is 16.3. The van der Waals surface area contributed by atoms with E-state index in [-0.39, 0.29) is 17.4 Å². The molecule has 5 heteroatoms. The summed E-state index contributed by atoms with van der Waals surface area (Å²) in [5.74, 6) is 0.726. The molecule has 3 rings (SSSR count). The first-order chi connectivity index (χ1) is 11.7. The predicted molar refractivity (Wildman–Crippen MR) is 98.6 cm³/mol. The molecule has 3 aromatic rings. The Morgan fingerprint density at radius 1 is 1.28 bits per heavy atom. The van der Waals surface area contributed by atoms with Gasteiger partial charge < -0.3 is 9.32 Å². The fourth-order valence-electron chi connectivity index (χ4n) is 2.96. The van der Waals surface area contributed by atoms with Crippen LogP contribution < -0.4 is 0 Å². The number of benzene rings is 1. The molecule has 0 bridgehead atoms. The minimum atomic E-state index is -0.199. The SMILES string of the molecule is CC(c1cc2ccccc2o1)N(C)C(=O)c1cn(C)nc1C(C)(C)C. The predicted octanol–water partition coefficient (Wildman–Crippen LogP) is 4.30. The van der Waals surface area contributed by atoms with Gasteiger partial charge in [-0.3, -0.25) is 9.48 Å². The van der Waals surface area contributed by atoms with Crippen LogP contribution in [0.5, 0.6) is 0 Å². The summed E-state index contributed by atoms with van der Waals surface area (Å²) in [6.45, 7) is 8.17. The molecule has 132 valence electrons. The van der Waals surface area contributed by atoms with Crippen LogP contribution in [0.15, 0.2) is 40.9 Å². The third kappa shape index (κ3) is 3.18. The molecule has 2 aromatic heterocycles. The van der Waals surface area contributed by atoms with E-state index < -0.39 is 0 Å². The number of fused-ring (bicyclic) bond motifs is 1. The number of carbonyl (C=O) groups excluding carboxylic acids is 1. The van der Waals surface area contributed by atoms with Crippen molar-refractivity contribution in [3.8, 4) is 0 Å². The Balaban J connectivity index is 1.92. The molecule has 25 heavy (non-hydrogen) atoms. The van der Waals surface area contributed by atoms with Gasteiger partial charge in [0.05, 0.1) is 17.3 Å². The fraction of sp³-hybridized carbons (Fsp3) is 0.400. The minimum absolute atomic E-state index is 0.0500. The van der Waals surface area contributed by atoms with Crippen molar-refractivity contribution in [3.63, 3.8) is 0 Å². The van der Waals surface area contributed by atoms with E-state index in [1.807, 2.05) is 44.3 Å². The number of furan rings is 1. The van der Waals surface area contributed by atoms with Gasteiger partial charge in [0, 0.05) is 31.1 Å². The molecule has 1 amide bonds. The third-order valence-electron chi connectivity index (χ3n) is 4.53. The topological polar surface area (TPSA) is 51.3 Å². The van der Waals surface area contributed by atoms with E-state index >= 15 is 0 Å². The fourth-order valence-corrected chi connectivity index (χ4v) is 2.96. The lowest BCUT2D eigenvalue weighted by atomic mass is 9.89. The van der Waals surface area contributed by atoms with Gasteiger partial charge in [-0.2, -0.15) is 5.10 Å². The molecule has 0 saturated heterocycles. The number of hydrogen-bond acceptors (Lipinski definition) is 3. The van der Waals surface area contributed by atoms with Gasteiger partial charge in [0.2, 0.25) is 0 Å². The zero-order valence-electron chi connectivity index (χ0n) is 15.7. The molecule has 0 aliphatic heterocycles. The highest BCUT2D eigenvalue weighted by Gasteiger charge is 2.30. The molecule has 1 aromatic carbocycles. The van der Waals surface area contributed by atoms with Gasteiger partial charge in [0.1, 0.15) is 11.3 Å². The Morgan fingerprint density at radius 2 is 1.96 bits per heavy atom. The summed E-state index contributed by atoms with van der Waals surface area (Å²) in [6, 6.07) is 9.69. The van der Waals surface area contributed by atoms with Crippen LogP contribution >= 0.6 is 0 Å². The van der Waals surface area contributed by atoms with Crippen LogP contribution in [0.1, 0.15) is 55.5 Å². The van der Waals surface area contributed by atoms with E-state index in [9.17, 15) is 4.79 Å². The summed E-state index contributed by atoms with van der Waals surface area (Å²) in [7, 11) is 3.65. The van der Waals surface area contributed by atoms with Crippen molar-refractivity contribution in [2.45, 2.75) is 39.2 Å². The van der Waals surface area contributed by atoms with E-state index in [2.05, 4.69) is 25.9 Å². The van der Waals surface area contributed by atoms with E-state index in [1.54, 1.807) is 22.8 Å². The average molecular weight is 339 g/mol.